The molecule has 1 heterocycles. The molecule has 4 fully saturated rings. The number of para-hydroxylation sites is 1. The molecule has 4 bridgehead atoms. The quantitative estimate of drug-likeness (QED) is 0.355. The molecule has 0 saturated heterocycles. The van der Waals surface area contributed by atoms with Crippen LogP contribution in [0.4, 0.5) is 0 Å². The number of aromatic nitrogens is 1. The number of benzene rings is 1. The van der Waals surface area contributed by atoms with Crippen LogP contribution in [0.2, 0.25) is 0 Å². The SMILES string of the molecule is CC(NC(=O)/C(C#N)=C\NCCc1c[nH]c2ccccc12)C12CC3CC(CC(C3)C1)C2. The standard InChI is InChI=1S/C26H32N4O/c1-17(26-11-18-8-19(12-26)10-20(9-18)13-26)30-25(31)22(14-27)15-28-7-6-21-16-29-24-5-3-2-4-23(21)24/h2-5,15-20,28-29H,6-13H2,1H3,(H,30,31)/b22-15-. The second-order valence-electron chi connectivity index (χ2n) is 10.2. The highest BCUT2D eigenvalue weighted by Crippen LogP contribution is 2.61. The first-order chi connectivity index (χ1) is 15.1. The average molecular weight is 417 g/mol. The Balaban J connectivity index is 1.17. The van der Waals surface area contributed by atoms with Crippen LogP contribution in [0, 0.1) is 34.5 Å². The zero-order chi connectivity index (χ0) is 21.4. The van der Waals surface area contributed by atoms with Crippen molar-refractivity contribution in [1.82, 2.24) is 15.6 Å². The van der Waals surface area contributed by atoms with Gasteiger partial charge >= 0.3 is 0 Å². The molecule has 6 rings (SSSR count). The molecule has 0 radical (unpaired) electrons. The van der Waals surface area contributed by atoms with E-state index in [9.17, 15) is 10.1 Å². The largest absolute Gasteiger partial charge is 0.389 e. The Morgan fingerprint density at radius 3 is 2.58 bits per heavy atom. The zero-order valence-electron chi connectivity index (χ0n) is 18.3. The minimum absolute atomic E-state index is 0.122. The smallest absolute Gasteiger partial charge is 0.263 e. The van der Waals surface area contributed by atoms with E-state index in [-0.39, 0.29) is 22.9 Å². The van der Waals surface area contributed by atoms with E-state index in [1.165, 1.54) is 49.5 Å². The van der Waals surface area contributed by atoms with Gasteiger partial charge in [0.25, 0.3) is 5.91 Å². The summed E-state index contributed by atoms with van der Waals surface area (Å²) in [4.78, 5) is 16.1. The van der Waals surface area contributed by atoms with E-state index >= 15 is 0 Å². The molecule has 1 atom stereocenters. The van der Waals surface area contributed by atoms with Gasteiger partial charge in [0.2, 0.25) is 0 Å². The van der Waals surface area contributed by atoms with Crippen molar-refractivity contribution in [2.75, 3.05) is 6.54 Å². The topological polar surface area (TPSA) is 80.7 Å². The van der Waals surface area contributed by atoms with E-state index in [0.717, 1.165) is 29.7 Å². The number of nitrogens with one attached hydrogen (secondary N) is 3. The van der Waals surface area contributed by atoms with Crippen molar-refractivity contribution < 1.29 is 4.79 Å². The first-order valence-electron chi connectivity index (χ1n) is 11.8. The lowest BCUT2D eigenvalue weighted by atomic mass is 9.48. The summed E-state index contributed by atoms with van der Waals surface area (Å²) in [6.07, 6.45) is 12.3. The lowest BCUT2D eigenvalue weighted by Crippen LogP contribution is -2.56. The van der Waals surface area contributed by atoms with E-state index in [4.69, 9.17) is 0 Å². The Kier molecular flexibility index (Phi) is 5.25. The summed E-state index contributed by atoms with van der Waals surface area (Å²) in [6, 6.07) is 10.4. The first kappa shape index (κ1) is 20.2. The molecule has 162 valence electrons. The van der Waals surface area contributed by atoms with Crippen molar-refractivity contribution in [3.63, 3.8) is 0 Å². The maximum Gasteiger partial charge on any atom is 0.263 e. The first-order valence-corrected chi connectivity index (χ1v) is 11.8. The average Bonchev–Trinajstić information content (AvgIpc) is 3.16. The van der Waals surface area contributed by atoms with E-state index in [1.807, 2.05) is 18.3 Å². The van der Waals surface area contributed by atoms with Crippen LogP contribution >= 0.6 is 0 Å². The van der Waals surface area contributed by atoms with Gasteiger partial charge < -0.3 is 15.6 Å². The lowest BCUT2D eigenvalue weighted by Gasteiger charge is -2.59. The minimum atomic E-state index is -0.245. The molecule has 1 unspecified atom stereocenters. The fraction of sp³-hybridized carbons (Fsp3) is 0.538. The highest BCUT2D eigenvalue weighted by molar-refractivity contribution is 5.97. The summed E-state index contributed by atoms with van der Waals surface area (Å²) in [6.45, 7) is 2.83. The predicted octanol–water partition coefficient (Wildman–Crippen LogP) is 4.43. The molecule has 0 spiro atoms. The molecule has 4 saturated carbocycles. The summed E-state index contributed by atoms with van der Waals surface area (Å²) in [5.41, 5.74) is 2.77. The molecule has 5 heteroatoms. The van der Waals surface area contributed by atoms with Crippen molar-refractivity contribution in [3.05, 3.63) is 47.8 Å². The molecule has 4 aliphatic rings. The Morgan fingerprint density at radius 2 is 1.90 bits per heavy atom. The molecular formula is C26H32N4O. The highest BCUT2D eigenvalue weighted by Gasteiger charge is 2.53. The van der Waals surface area contributed by atoms with Gasteiger partial charge in [0.15, 0.2) is 0 Å². The van der Waals surface area contributed by atoms with Gasteiger partial charge in [-0.05, 0) is 86.7 Å². The third-order valence-electron chi connectivity index (χ3n) is 8.18. The van der Waals surface area contributed by atoms with Crippen molar-refractivity contribution >= 4 is 16.8 Å². The number of hydrogen-bond acceptors (Lipinski definition) is 3. The summed E-state index contributed by atoms with van der Waals surface area (Å²) in [5.74, 6) is 2.30. The van der Waals surface area contributed by atoms with E-state index in [2.05, 4.69) is 40.7 Å². The molecule has 0 aliphatic heterocycles. The van der Waals surface area contributed by atoms with Crippen LogP contribution in [0.25, 0.3) is 10.9 Å². The number of nitrogens with zero attached hydrogens (tertiary/aromatic N) is 1. The van der Waals surface area contributed by atoms with Crippen LogP contribution in [0.15, 0.2) is 42.2 Å². The third kappa shape index (κ3) is 3.84. The number of aromatic amines is 1. The molecule has 2 aromatic rings. The normalized spacial score (nSPS) is 30.2. The summed E-state index contributed by atoms with van der Waals surface area (Å²) in [5, 5.41) is 17.1. The van der Waals surface area contributed by atoms with E-state index in [1.54, 1.807) is 6.20 Å². The molecular weight excluding hydrogens is 384 g/mol. The van der Waals surface area contributed by atoms with Gasteiger partial charge in [-0.1, -0.05) is 18.2 Å². The van der Waals surface area contributed by atoms with Gasteiger partial charge in [0, 0.05) is 35.9 Å². The zero-order valence-corrected chi connectivity index (χ0v) is 18.3. The fourth-order valence-corrected chi connectivity index (χ4v) is 7.00. The Labute approximate surface area is 184 Å². The van der Waals surface area contributed by atoms with Gasteiger partial charge in [-0.25, -0.2) is 0 Å². The minimum Gasteiger partial charge on any atom is -0.389 e. The summed E-state index contributed by atoms with van der Waals surface area (Å²) in [7, 11) is 0. The molecule has 4 aliphatic carbocycles. The molecule has 1 aromatic carbocycles. The van der Waals surface area contributed by atoms with Gasteiger partial charge in [0.05, 0.1) is 0 Å². The van der Waals surface area contributed by atoms with E-state index in [0.29, 0.717) is 6.54 Å². The van der Waals surface area contributed by atoms with Crippen molar-refractivity contribution in [1.29, 1.82) is 5.26 Å². The number of nitriles is 1. The molecule has 3 N–H and O–H groups in total. The van der Waals surface area contributed by atoms with Crippen molar-refractivity contribution in [3.8, 4) is 6.07 Å². The fourth-order valence-electron chi connectivity index (χ4n) is 7.00. The molecule has 1 aromatic heterocycles. The number of hydrogen-bond donors (Lipinski definition) is 3. The number of fused-ring (bicyclic) bond motifs is 1. The van der Waals surface area contributed by atoms with Crippen molar-refractivity contribution in [2.24, 2.45) is 23.2 Å². The Morgan fingerprint density at radius 1 is 1.23 bits per heavy atom. The molecule has 1 amide bonds. The van der Waals surface area contributed by atoms with Crippen LogP contribution < -0.4 is 10.6 Å². The predicted molar refractivity (Wildman–Crippen MR) is 122 cm³/mol. The molecule has 5 nitrogen and oxygen atoms in total. The van der Waals surface area contributed by atoms with Crippen LogP contribution in [0.5, 0.6) is 0 Å². The number of rotatable bonds is 7. The number of carbonyl (C=O) groups excluding carboxylic acids is 1. The second kappa shape index (κ2) is 8.07. The number of amides is 1. The van der Waals surface area contributed by atoms with Gasteiger partial charge in [-0.3, -0.25) is 4.79 Å². The van der Waals surface area contributed by atoms with Gasteiger partial charge in [0.1, 0.15) is 11.6 Å². The third-order valence-corrected chi connectivity index (χ3v) is 8.18. The van der Waals surface area contributed by atoms with Crippen LogP contribution in [0.1, 0.15) is 51.0 Å². The summed E-state index contributed by atoms with van der Waals surface area (Å²) < 4.78 is 0. The Bertz CT molecular complexity index is 1010. The highest BCUT2D eigenvalue weighted by atomic mass is 16.1. The number of carbonyl (C=O) groups is 1. The van der Waals surface area contributed by atoms with Gasteiger partial charge in [-0.2, -0.15) is 5.26 Å². The van der Waals surface area contributed by atoms with Gasteiger partial charge in [-0.15, -0.1) is 0 Å². The maximum absolute atomic E-state index is 12.8. The van der Waals surface area contributed by atoms with Crippen LogP contribution in [-0.2, 0) is 11.2 Å². The van der Waals surface area contributed by atoms with Crippen LogP contribution in [-0.4, -0.2) is 23.5 Å². The monoisotopic (exact) mass is 416 g/mol. The maximum atomic E-state index is 12.8. The van der Waals surface area contributed by atoms with E-state index < -0.39 is 0 Å². The lowest BCUT2D eigenvalue weighted by molar-refractivity contribution is -0.122. The van der Waals surface area contributed by atoms with Crippen LogP contribution in [0.3, 0.4) is 0 Å². The molecule has 31 heavy (non-hydrogen) atoms. The van der Waals surface area contributed by atoms with Crippen molar-refractivity contribution in [2.45, 2.75) is 57.9 Å². The Hall–Kier alpha value is -2.74. The second-order valence-corrected chi connectivity index (χ2v) is 10.2. The summed E-state index contributed by atoms with van der Waals surface area (Å²) >= 11 is 0. The number of H-pyrrole nitrogens is 1.